The Hall–Kier alpha value is -0.620. The van der Waals surface area contributed by atoms with Gasteiger partial charge in [0.15, 0.2) is 0 Å². The molecule has 0 aromatic heterocycles. The summed E-state index contributed by atoms with van der Waals surface area (Å²) in [4.78, 5) is 12.7. The summed E-state index contributed by atoms with van der Waals surface area (Å²) in [5.41, 5.74) is 0. The maximum absolute atomic E-state index is 11.2. The Morgan fingerprint density at radius 2 is 2.23 bits per heavy atom. The summed E-state index contributed by atoms with van der Waals surface area (Å²) in [6, 6.07) is 0. The standard InChI is InChI=1S/C7H13NO4S/c1-3-8-5-6(4-7(8)9)12-13(2,10)11/h6H,3-5H2,1-2H3/t6-/m1/s1. The first-order valence-corrected chi connectivity index (χ1v) is 5.90. The van der Waals surface area contributed by atoms with Crippen molar-refractivity contribution in [2.75, 3.05) is 19.3 Å². The van der Waals surface area contributed by atoms with Gasteiger partial charge in [-0.05, 0) is 6.92 Å². The van der Waals surface area contributed by atoms with E-state index in [1.165, 1.54) is 0 Å². The van der Waals surface area contributed by atoms with E-state index in [4.69, 9.17) is 4.18 Å². The van der Waals surface area contributed by atoms with E-state index in [9.17, 15) is 13.2 Å². The molecule has 1 rings (SSSR count). The molecule has 1 heterocycles. The lowest BCUT2D eigenvalue weighted by atomic mass is 10.3. The molecule has 0 spiro atoms. The van der Waals surface area contributed by atoms with Crippen LogP contribution in [0.15, 0.2) is 0 Å². The van der Waals surface area contributed by atoms with Crippen molar-refractivity contribution in [3.8, 4) is 0 Å². The highest BCUT2D eigenvalue weighted by molar-refractivity contribution is 7.86. The zero-order chi connectivity index (χ0) is 10.1. The number of carbonyl (C=O) groups excluding carboxylic acids is 1. The number of amides is 1. The predicted octanol–water partition coefficient (Wildman–Crippen LogP) is -0.417. The Balaban J connectivity index is 2.54. The second kappa shape index (κ2) is 3.63. The van der Waals surface area contributed by atoms with Gasteiger partial charge in [-0.2, -0.15) is 8.42 Å². The molecule has 1 fully saturated rings. The Bertz CT molecular complexity index is 298. The van der Waals surface area contributed by atoms with E-state index < -0.39 is 16.2 Å². The number of likely N-dealkylation sites (tertiary alicyclic amines) is 1. The SMILES string of the molecule is CCN1C[C@H](OS(C)(=O)=O)CC1=O. The van der Waals surface area contributed by atoms with E-state index in [0.29, 0.717) is 13.1 Å². The minimum Gasteiger partial charge on any atom is -0.340 e. The van der Waals surface area contributed by atoms with Crippen molar-refractivity contribution in [3.05, 3.63) is 0 Å². The normalized spacial score (nSPS) is 24.0. The molecule has 1 saturated heterocycles. The molecular formula is C7H13NO4S. The number of nitrogens with zero attached hydrogens (tertiary/aromatic N) is 1. The molecule has 0 aromatic carbocycles. The van der Waals surface area contributed by atoms with Crippen LogP contribution in [-0.4, -0.2) is 44.7 Å². The van der Waals surface area contributed by atoms with E-state index in [1.807, 2.05) is 6.92 Å². The lowest BCUT2D eigenvalue weighted by Gasteiger charge is -2.12. The second-order valence-corrected chi connectivity index (χ2v) is 4.66. The summed E-state index contributed by atoms with van der Waals surface area (Å²) in [6.07, 6.45) is 0.662. The van der Waals surface area contributed by atoms with Crippen molar-refractivity contribution in [1.29, 1.82) is 0 Å². The lowest BCUT2D eigenvalue weighted by Crippen LogP contribution is -2.26. The summed E-state index contributed by atoms with van der Waals surface area (Å²) in [5, 5.41) is 0. The molecule has 1 aliphatic heterocycles. The molecule has 0 N–H and O–H groups in total. The van der Waals surface area contributed by atoms with Crippen LogP contribution >= 0.6 is 0 Å². The summed E-state index contributed by atoms with van der Waals surface area (Å²) in [7, 11) is -3.44. The largest absolute Gasteiger partial charge is 0.340 e. The number of hydrogen-bond acceptors (Lipinski definition) is 4. The minimum atomic E-state index is -3.44. The molecule has 76 valence electrons. The van der Waals surface area contributed by atoms with Crippen LogP contribution < -0.4 is 0 Å². The van der Waals surface area contributed by atoms with E-state index in [-0.39, 0.29) is 12.3 Å². The van der Waals surface area contributed by atoms with E-state index in [2.05, 4.69) is 0 Å². The Morgan fingerprint density at radius 3 is 2.62 bits per heavy atom. The number of likely N-dealkylation sites (N-methyl/N-ethyl adjacent to an activating group) is 1. The molecule has 6 heteroatoms. The van der Waals surface area contributed by atoms with Crippen molar-refractivity contribution < 1.29 is 17.4 Å². The van der Waals surface area contributed by atoms with Crippen LogP contribution in [0.25, 0.3) is 0 Å². The summed E-state index contributed by atoms with van der Waals surface area (Å²) >= 11 is 0. The summed E-state index contributed by atoms with van der Waals surface area (Å²) in [5.74, 6) is -0.0452. The average molecular weight is 207 g/mol. The van der Waals surface area contributed by atoms with Crippen LogP contribution in [0.2, 0.25) is 0 Å². The van der Waals surface area contributed by atoms with Gasteiger partial charge in [0.05, 0.1) is 12.7 Å². The van der Waals surface area contributed by atoms with Gasteiger partial charge in [0, 0.05) is 13.1 Å². The molecule has 1 aliphatic rings. The van der Waals surface area contributed by atoms with Crippen LogP contribution in [0.4, 0.5) is 0 Å². The van der Waals surface area contributed by atoms with Crippen LogP contribution in [0.5, 0.6) is 0 Å². The summed E-state index contributed by atoms with van der Waals surface area (Å²) < 4.78 is 26.2. The third-order valence-corrected chi connectivity index (χ3v) is 2.49. The van der Waals surface area contributed by atoms with Gasteiger partial charge in [-0.25, -0.2) is 0 Å². The lowest BCUT2D eigenvalue weighted by molar-refractivity contribution is -0.127. The highest BCUT2D eigenvalue weighted by Crippen LogP contribution is 2.15. The van der Waals surface area contributed by atoms with E-state index >= 15 is 0 Å². The first-order valence-electron chi connectivity index (χ1n) is 4.08. The minimum absolute atomic E-state index is 0.0452. The fourth-order valence-electron chi connectivity index (χ4n) is 1.35. The molecule has 0 aromatic rings. The molecule has 0 aliphatic carbocycles. The maximum Gasteiger partial charge on any atom is 0.264 e. The van der Waals surface area contributed by atoms with Crippen molar-refractivity contribution in [2.45, 2.75) is 19.4 Å². The first-order chi connectivity index (χ1) is 5.92. The predicted molar refractivity (Wildman–Crippen MR) is 46.6 cm³/mol. The molecule has 0 radical (unpaired) electrons. The Kier molecular flexibility index (Phi) is 2.92. The van der Waals surface area contributed by atoms with Crippen molar-refractivity contribution in [1.82, 2.24) is 4.90 Å². The highest BCUT2D eigenvalue weighted by atomic mass is 32.2. The quantitative estimate of drug-likeness (QED) is 0.590. The maximum atomic E-state index is 11.2. The van der Waals surface area contributed by atoms with Gasteiger partial charge in [0.1, 0.15) is 6.10 Å². The zero-order valence-electron chi connectivity index (χ0n) is 7.69. The molecule has 13 heavy (non-hydrogen) atoms. The van der Waals surface area contributed by atoms with Gasteiger partial charge < -0.3 is 4.90 Å². The topological polar surface area (TPSA) is 63.7 Å². The van der Waals surface area contributed by atoms with Crippen molar-refractivity contribution >= 4 is 16.0 Å². The van der Waals surface area contributed by atoms with Gasteiger partial charge >= 0.3 is 0 Å². The number of rotatable bonds is 3. The molecule has 1 atom stereocenters. The van der Waals surface area contributed by atoms with Crippen LogP contribution in [0.3, 0.4) is 0 Å². The smallest absolute Gasteiger partial charge is 0.264 e. The van der Waals surface area contributed by atoms with Crippen LogP contribution in [0, 0.1) is 0 Å². The van der Waals surface area contributed by atoms with Crippen LogP contribution in [0.1, 0.15) is 13.3 Å². The Labute approximate surface area is 77.8 Å². The summed E-state index contributed by atoms with van der Waals surface area (Å²) in [6.45, 7) is 2.82. The Morgan fingerprint density at radius 1 is 1.62 bits per heavy atom. The molecule has 5 nitrogen and oxygen atoms in total. The van der Waals surface area contributed by atoms with Gasteiger partial charge in [0.2, 0.25) is 5.91 Å². The van der Waals surface area contributed by atoms with Crippen molar-refractivity contribution in [2.24, 2.45) is 0 Å². The third kappa shape index (κ3) is 2.96. The molecule has 0 unspecified atom stereocenters. The van der Waals surface area contributed by atoms with E-state index in [0.717, 1.165) is 6.26 Å². The van der Waals surface area contributed by atoms with Gasteiger partial charge in [0.25, 0.3) is 10.1 Å². The zero-order valence-corrected chi connectivity index (χ0v) is 8.50. The number of carbonyl (C=O) groups is 1. The monoisotopic (exact) mass is 207 g/mol. The van der Waals surface area contributed by atoms with Gasteiger partial charge in [-0.15, -0.1) is 0 Å². The van der Waals surface area contributed by atoms with Gasteiger partial charge in [-0.1, -0.05) is 0 Å². The fourth-order valence-corrected chi connectivity index (χ4v) is 1.98. The van der Waals surface area contributed by atoms with E-state index in [1.54, 1.807) is 4.90 Å². The van der Waals surface area contributed by atoms with Gasteiger partial charge in [-0.3, -0.25) is 8.98 Å². The molecule has 1 amide bonds. The molecule has 0 saturated carbocycles. The highest BCUT2D eigenvalue weighted by Gasteiger charge is 2.31. The second-order valence-electron chi connectivity index (χ2n) is 3.06. The van der Waals surface area contributed by atoms with Crippen LogP contribution in [-0.2, 0) is 19.1 Å². The van der Waals surface area contributed by atoms with Crippen molar-refractivity contribution in [3.63, 3.8) is 0 Å². The average Bonchev–Trinajstić information content (AvgIpc) is 2.26. The molecular weight excluding hydrogens is 194 g/mol. The third-order valence-electron chi connectivity index (χ3n) is 1.87. The molecule has 0 bridgehead atoms. The fraction of sp³-hybridized carbons (Fsp3) is 0.857. The first kappa shape index (κ1) is 10.5. The number of hydrogen-bond donors (Lipinski definition) is 0.